The SMILES string of the molecule is CC(C)(C)CN1CCC(n2cc(Cc3ccc4c5c(cccc35)C(=O)N4C3CCC(=O)NC3=O)cn2)CC1. The zero-order valence-corrected chi connectivity index (χ0v) is 22.4. The lowest BCUT2D eigenvalue weighted by Crippen LogP contribution is -2.53. The van der Waals surface area contributed by atoms with Crippen LogP contribution in [0.1, 0.15) is 74.0 Å². The predicted octanol–water partition coefficient (Wildman–Crippen LogP) is 4.08. The Balaban J connectivity index is 1.22. The van der Waals surface area contributed by atoms with Crippen molar-refractivity contribution < 1.29 is 14.4 Å². The van der Waals surface area contributed by atoms with E-state index in [1.54, 1.807) is 4.90 Å². The smallest absolute Gasteiger partial charge is 0.259 e. The van der Waals surface area contributed by atoms with Gasteiger partial charge in [0, 0.05) is 49.6 Å². The standard InChI is InChI=1S/C30H35N5O3/c1-30(2,3)18-33-13-11-21(12-14-33)34-17-19(16-31-34)15-20-7-8-24-27-22(20)5-4-6-23(27)29(38)35(24)25-9-10-26(36)32-28(25)37/h4-8,16-17,21,25H,9-15,18H2,1-3H3,(H,32,36,37). The van der Waals surface area contributed by atoms with Gasteiger partial charge in [-0.25, -0.2) is 0 Å². The van der Waals surface area contributed by atoms with Crippen LogP contribution in [0, 0.1) is 5.41 Å². The van der Waals surface area contributed by atoms with Gasteiger partial charge in [0.05, 0.1) is 17.9 Å². The monoisotopic (exact) mass is 513 g/mol. The molecule has 3 amide bonds. The third-order valence-corrected chi connectivity index (χ3v) is 8.02. The van der Waals surface area contributed by atoms with Crippen molar-refractivity contribution in [3.8, 4) is 0 Å². The average molecular weight is 514 g/mol. The molecule has 2 saturated heterocycles. The number of nitrogens with zero attached hydrogens (tertiary/aromatic N) is 4. The molecule has 8 nitrogen and oxygen atoms in total. The van der Waals surface area contributed by atoms with Crippen LogP contribution in [0.25, 0.3) is 10.8 Å². The zero-order chi connectivity index (χ0) is 26.6. The Kier molecular flexibility index (Phi) is 6.10. The molecule has 6 rings (SSSR count). The molecule has 8 heteroatoms. The number of piperidine rings is 2. The topological polar surface area (TPSA) is 87.5 Å². The lowest BCUT2D eigenvalue weighted by molar-refractivity contribution is -0.134. The predicted molar refractivity (Wildman–Crippen MR) is 146 cm³/mol. The van der Waals surface area contributed by atoms with Crippen LogP contribution in [-0.4, -0.2) is 58.1 Å². The van der Waals surface area contributed by atoms with Crippen LogP contribution >= 0.6 is 0 Å². The Morgan fingerprint density at radius 3 is 2.55 bits per heavy atom. The summed E-state index contributed by atoms with van der Waals surface area (Å²) in [5.74, 6) is -0.869. The number of carbonyl (C=O) groups is 3. The lowest BCUT2D eigenvalue weighted by atomic mass is 9.94. The highest BCUT2D eigenvalue weighted by molar-refractivity contribution is 6.27. The van der Waals surface area contributed by atoms with E-state index in [1.807, 2.05) is 30.5 Å². The van der Waals surface area contributed by atoms with Crippen molar-refractivity contribution in [2.75, 3.05) is 24.5 Å². The van der Waals surface area contributed by atoms with Gasteiger partial charge in [-0.3, -0.25) is 29.3 Å². The van der Waals surface area contributed by atoms with Crippen molar-refractivity contribution in [3.05, 3.63) is 59.4 Å². The fraction of sp³-hybridized carbons (Fsp3) is 0.467. The summed E-state index contributed by atoms with van der Waals surface area (Å²) in [7, 11) is 0. The van der Waals surface area contributed by atoms with E-state index in [4.69, 9.17) is 5.10 Å². The number of nitrogens with one attached hydrogen (secondary N) is 1. The molecule has 1 unspecified atom stereocenters. The number of rotatable bonds is 5. The van der Waals surface area contributed by atoms with Crippen LogP contribution in [0.15, 0.2) is 42.7 Å². The van der Waals surface area contributed by atoms with Crippen molar-refractivity contribution in [1.82, 2.24) is 20.0 Å². The molecule has 1 N–H and O–H groups in total. The highest BCUT2D eigenvalue weighted by atomic mass is 16.2. The van der Waals surface area contributed by atoms with Gasteiger partial charge in [0.2, 0.25) is 11.8 Å². The summed E-state index contributed by atoms with van der Waals surface area (Å²) >= 11 is 0. The Hall–Kier alpha value is -3.52. The van der Waals surface area contributed by atoms with E-state index in [-0.39, 0.29) is 18.2 Å². The molecule has 3 aliphatic rings. The van der Waals surface area contributed by atoms with Gasteiger partial charge >= 0.3 is 0 Å². The quantitative estimate of drug-likeness (QED) is 0.520. The number of imide groups is 1. The van der Waals surface area contributed by atoms with Crippen molar-refractivity contribution in [2.24, 2.45) is 5.41 Å². The van der Waals surface area contributed by atoms with E-state index < -0.39 is 11.9 Å². The minimum absolute atomic E-state index is 0.178. The number of hydrogen-bond acceptors (Lipinski definition) is 5. The van der Waals surface area contributed by atoms with Crippen molar-refractivity contribution in [2.45, 2.75) is 65.0 Å². The number of carbonyl (C=O) groups excluding carboxylic acids is 3. The second-order valence-corrected chi connectivity index (χ2v) is 12.2. The first-order valence-corrected chi connectivity index (χ1v) is 13.7. The average Bonchev–Trinajstić information content (AvgIpc) is 3.44. The molecule has 4 heterocycles. The maximum Gasteiger partial charge on any atom is 0.259 e. The lowest BCUT2D eigenvalue weighted by Gasteiger charge is -2.35. The molecule has 1 atom stereocenters. The molecular weight excluding hydrogens is 478 g/mol. The van der Waals surface area contributed by atoms with Gasteiger partial charge in [0.25, 0.3) is 5.91 Å². The van der Waals surface area contributed by atoms with Crippen LogP contribution in [0.4, 0.5) is 5.69 Å². The van der Waals surface area contributed by atoms with Gasteiger partial charge in [-0.1, -0.05) is 39.0 Å². The fourth-order valence-corrected chi connectivity index (χ4v) is 6.36. The van der Waals surface area contributed by atoms with Gasteiger partial charge in [0.15, 0.2) is 0 Å². The second kappa shape index (κ2) is 9.34. The normalized spacial score (nSPS) is 21.0. The molecule has 0 aliphatic carbocycles. The molecule has 198 valence electrons. The molecule has 2 aromatic carbocycles. The van der Waals surface area contributed by atoms with Crippen LogP contribution in [-0.2, 0) is 16.0 Å². The number of hydrogen-bond donors (Lipinski definition) is 1. The first kappa shape index (κ1) is 24.8. The summed E-state index contributed by atoms with van der Waals surface area (Å²) in [6.07, 6.45) is 7.64. The van der Waals surface area contributed by atoms with Gasteiger partial charge in [-0.15, -0.1) is 0 Å². The van der Waals surface area contributed by atoms with E-state index in [0.29, 0.717) is 23.4 Å². The third kappa shape index (κ3) is 4.51. The van der Waals surface area contributed by atoms with Gasteiger partial charge in [-0.05, 0) is 53.3 Å². The summed E-state index contributed by atoms with van der Waals surface area (Å²) in [6, 6.07) is 9.54. The Morgan fingerprint density at radius 2 is 1.82 bits per heavy atom. The van der Waals surface area contributed by atoms with Crippen LogP contribution in [0.2, 0.25) is 0 Å². The number of likely N-dealkylation sites (tertiary alicyclic amines) is 1. The first-order valence-electron chi connectivity index (χ1n) is 13.7. The highest BCUT2D eigenvalue weighted by Crippen LogP contribution is 2.41. The Labute approximate surface area is 223 Å². The minimum atomic E-state index is -0.672. The minimum Gasteiger partial charge on any atom is -0.303 e. The number of benzene rings is 2. The molecule has 0 spiro atoms. The van der Waals surface area contributed by atoms with Gasteiger partial charge in [0.1, 0.15) is 6.04 Å². The molecule has 0 radical (unpaired) electrons. The van der Waals surface area contributed by atoms with Crippen molar-refractivity contribution >= 4 is 34.2 Å². The van der Waals surface area contributed by atoms with Crippen molar-refractivity contribution in [3.63, 3.8) is 0 Å². The molecule has 1 aromatic heterocycles. The molecule has 2 fully saturated rings. The van der Waals surface area contributed by atoms with Crippen LogP contribution in [0.5, 0.6) is 0 Å². The molecule has 0 bridgehead atoms. The van der Waals surface area contributed by atoms with Crippen molar-refractivity contribution in [1.29, 1.82) is 0 Å². The van der Waals surface area contributed by atoms with Crippen LogP contribution in [0.3, 0.4) is 0 Å². The number of aromatic nitrogens is 2. The first-order chi connectivity index (χ1) is 18.2. The van der Waals surface area contributed by atoms with E-state index in [0.717, 1.165) is 66.5 Å². The van der Waals surface area contributed by atoms with Gasteiger partial charge < -0.3 is 4.90 Å². The Morgan fingerprint density at radius 1 is 1.03 bits per heavy atom. The summed E-state index contributed by atoms with van der Waals surface area (Å²) in [5, 5.41) is 9.02. The maximum atomic E-state index is 13.4. The largest absolute Gasteiger partial charge is 0.303 e. The fourth-order valence-electron chi connectivity index (χ4n) is 6.36. The summed E-state index contributed by atoms with van der Waals surface area (Å²) < 4.78 is 2.14. The van der Waals surface area contributed by atoms with Gasteiger partial charge in [-0.2, -0.15) is 5.10 Å². The molecule has 3 aliphatic heterocycles. The highest BCUT2D eigenvalue weighted by Gasteiger charge is 2.40. The second-order valence-electron chi connectivity index (χ2n) is 12.2. The van der Waals surface area contributed by atoms with E-state index in [9.17, 15) is 14.4 Å². The molecule has 38 heavy (non-hydrogen) atoms. The van der Waals surface area contributed by atoms with E-state index in [1.165, 1.54) is 0 Å². The Bertz CT molecular complexity index is 1430. The maximum absolute atomic E-state index is 13.4. The third-order valence-electron chi connectivity index (χ3n) is 8.02. The number of anilines is 1. The zero-order valence-electron chi connectivity index (χ0n) is 22.4. The number of amides is 3. The summed E-state index contributed by atoms with van der Waals surface area (Å²) in [5.41, 5.74) is 3.95. The molecular formula is C30H35N5O3. The summed E-state index contributed by atoms with van der Waals surface area (Å²) in [4.78, 5) is 41.8. The van der Waals surface area contributed by atoms with E-state index >= 15 is 0 Å². The van der Waals surface area contributed by atoms with Crippen LogP contribution < -0.4 is 10.2 Å². The summed E-state index contributed by atoms with van der Waals surface area (Å²) in [6.45, 7) is 10.2. The molecule has 3 aromatic rings. The molecule has 0 saturated carbocycles. The van der Waals surface area contributed by atoms with E-state index in [2.05, 4.69) is 47.9 Å².